The Kier molecular flexibility index (Phi) is 4.42. The smallest absolute Gasteiger partial charge is 0.137 e. The van der Waals surface area contributed by atoms with E-state index in [4.69, 9.17) is 0 Å². The van der Waals surface area contributed by atoms with Crippen molar-refractivity contribution in [1.29, 1.82) is 0 Å². The van der Waals surface area contributed by atoms with Crippen LogP contribution in [0.25, 0.3) is 11.3 Å². The maximum atomic E-state index is 15.2. The topological polar surface area (TPSA) is 37.8 Å². The molecule has 3 nitrogen and oxygen atoms in total. The number of rotatable bonds is 2. The molecule has 1 aliphatic heterocycles. The van der Waals surface area contributed by atoms with Gasteiger partial charge in [-0.3, -0.25) is 0 Å². The van der Waals surface area contributed by atoms with Crippen molar-refractivity contribution in [2.24, 2.45) is 0 Å². The number of hydrogen-bond donors (Lipinski definition) is 1. The third kappa shape index (κ3) is 2.97. The summed E-state index contributed by atoms with van der Waals surface area (Å²) in [5.41, 5.74) is 2.16. The Morgan fingerprint density at radius 1 is 1.00 bits per heavy atom. The van der Waals surface area contributed by atoms with E-state index in [2.05, 4.69) is 15.5 Å². The van der Waals surface area contributed by atoms with Crippen LogP contribution in [-0.4, -0.2) is 16.7 Å². The molecular weight excluding hydrogens is 339 g/mol. The van der Waals surface area contributed by atoms with E-state index >= 15 is 4.39 Å². The van der Waals surface area contributed by atoms with Gasteiger partial charge in [0, 0.05) is 29.8 Å². The van der Waals surface area contributed by atoms with Crippen molar-refractivity contribution in [2.75, 3.05) is 6.54 Å². The standard InChI is InChI=1S/C20H16F3N3/c21-12-3-6-18(22)16(10-12)14-7-9-24-11-17-13(14)4-5-15(20(17)23)19-2-1-8-25-26-19/h1-6,8,10,14,24H,7,9,11H2. The van der Waals surface area contributed by atoms with E-state index in [1.54, 1.807) is 24.3 Å². The lowest BCUT2D eigenvalue weighted by Crippen LogP contribution is -2.13. The second-order valence-corrected chi connectivity index (χ2v) is 6.29. The van der Waals surface area contributed by atoms with E-state index in [0.717, 1.165) is 12.1 Å². The number of fused-ring (bicyclic) bond motifs is 1. The van der Waals surface area contributed by atoms with Gasteiger partial charge in [0.05, 0.1) is 5.69 Å². The third-order valence-electron chi connectivity index (χ3n) is 4.75. The Hall–Kier alpha value is -2.73. The van der Waals surface area contributed by atoms with Gasteiger partial charge in [0.2, 0.25) is 0 Å². The van der Waals surface area contributed by atoms with E-state index < -0.39 is 23.4 Å². The first-order valence-corrected chi connectivity index (χ1v) is 8.40. The Bertz CT molecular complexity index is 945. The molecule has 1 atom stereocenters. The van der Waals surface area contributed by atoms with Gasteiger partial charge in [-0.25, -0.2) is 13.2 Å². The molecule has 0 fully saturated rings. The summed E-state index contributed by atoms with van der Waals surface area (Å²) in [6.07, 6.45) is 2.08. The highest BCUT2D eigenvalue weighted by molar-refractivity contribution is 5.62. The van der Waals surface area contributed by atoms with Crippen LogP contribution in [-0.2, 0) is 6.54 Å². The van der Waals surface area contributed by atoms with E-state index in [0.29, 0.717) is 41.9 Å². The summed E-state index contributed by atoms with van der Waals surface area (Å²) < 4.78 is 43.2. The number of aromatic nitrogens is 2. The molecule has 1 N–H and O–H groups in total. The minimum atomic E-state index is -0.503. The molecule has 1 aliphatic rings. The van der Waals surface area contributed by atoms with Crippen molar-refractivity contribution < 1.29 is 13.2 Å². The van der Waals surface area contributed by atoms with Gasteiger partial charge in [-0.1, -0.05) is 6.07 Å². The van der Waals surface area contributed by atoms with E-state index in [1.165, 1.54) is 12.3 Å². The fourth-order valence-electron chi connectivity index (χ4n) is 3.51. The number of benzene rings is 2. The minimum absolute atomic E-state index is 0.251. The molecule has 0 amide bonds. The highest BCUT2D eigenvalue weighted by atomic mass is 19.1. The Labute approximate surface area is 148 Å². The van der Waals surface area contributed by atoms with E-state index in [-0.39, 0.29) is 5.56 Å². The largest absolute Gasteiger partial charge is 0.313 e. The zero-order valence-electron chi connectivity index (χ0n) is 13.8. The van der Waals surface area contributed by atoms with Crippen LogP contribution in [0.2, 0.25) is 0 Å². The summed E-state index contributed by atoms with van der Waals surface area (Å²) >= 11 is 0. The van der Waals surface area contributed by atoms with Crippen LogP contribution in [0.15, 0.2) is 48.7 Å². The fraction of sp³-hybridized carbons (Fsp3) is 0.200. The van der Waals surface area contributed by atoms with Crippen LogP contribution in [0.3, 0.4) is 0 Å². The Morgan fingerprint density at radius 2 is 1.88 bits per heavy atom. The molecule has 0 spiro atoms. The van der Waals surface area contributed by atoms with Crippen LogP contribution in [0.1, 0.15) is 29.0 Å². The first kappa shape index (κ1) is 16.7. The molecule has 0 aliphatic carbocycles. The van der Waals surface area contributed by atoms with Gasteiger partial charge in [0.15, 0.2) is 0 Å². The van der Waals surface area contributed by atoms with Crippen molar-refractivity contribution in [2.45, 2.75) is 18.9 Å². The average molecular weight is 355 g/mol. The fourth-order valence-corrected chi connectivity index (χ4v) is 3.51. The van der Waals surface area contributed by atoms with Crippen molar-refractivity contribution in [3.05, 3.63) is 82.8 Å². The molecule has 1 aromatic heterocycles. The summed E-state index contributed by atoms with van der Waals surface area (Å²) in [6, 6.07) is 10.2. The average Bonchev–Trinajstić information content (AvgIpc) is 2.88. The summed E-state index contributed by atoms with van der Waals surface area (Å²) in [5, 5.41) is 10.9. The number of nitrogens with zero attached hydrogens (tertiary/aromatic N) is 2. The van der Waals surface area contributed by atoms with Gasteiger partial charge in [0.1, 0.15) is 17.5 Å². The van der Waals surface area contributed by atoms with Crippen LogP contribution >= 0.6 is 0 Å². The van der Waals surface area contributed by atoms with Gasteiger partial charge in [0.25, 0.3) is 0 Å². The summed E-state index contributed by atoms with van der Waals surface area (Å²) in [7, 11) is 0. The third-order valence-corrected chi connectivity index (χ3v) is 4.75. The maximum absolute atomic E-state index is 15.2. The quantitative estimate of drug-likeness (QED) is 0.749. The normalized spacial score (nSPS) is 16.8. The van der Waals surface area contributed by atoms with Gasteiger partial charge >= 0.3 is 0 Å². The lowest BCUT2D eigenvalue weighted by atomic mass is 9.85. The summed E-state index contributed by atoms with van der Waals surface area (Å²) in [4.78, 5) is 0. The minimum Gasteiger partial charge on any atom is -0.313 e. The predicted molar refractivity (Wildman–Crippen MR) is 92.0 cm³/mol. The molecule has 2 heterocycles. The van der Waals surface area contributed by atoms with Crippen molar-refractivity contribution in [1.82, 2.24) is 15.5 Å². The molecule has 0 saturated heterocycles. The molecule has 2 aromatic carbocycles. The monoisotopic (exact) mass is 355 g/mol. The number of hydrogen-bond acceptors (Lipinski definition) is 3. The molecule has 0 bridgehead atoms. The summed E-state index contributed by atoms with van der Waals surface area (Å²) in [5.74, 6) is -1.81. The zero-order chi connectivity index (χ0) is 18.1. The molecule has 4 rings (SSSR count). The lowest BCUT2D eigenvalue weighted by Gasteiger charge is -2.20. The van der Waals surface area contributed by atoms with Gasteiger partial charge in [-0.05, 0) is 60.5 Å². The van der Waals surface area contributed by atoms with Gasteiger partial charge in [-0.2, -0.15) is 10.2 Å². The second kappa shape index (κ2) is 6.88. The highest BCUT2D eigenvalue weighted by Crippen LogP contribution is 2.37. The molecule has 26 heavy (non-hydrogen) atoms. The molecular formula is C20H16F3N3. The van der Waals surface area contributed by atoms with E-state index in [1.807, 2.05) is 0 Å². The van der Waals surface area contributed by atoms with Crippen molar-refractivity contribution in [3.63, 3.8) is 0 Å². The Balaban J connectivity index is 1.86. The number of nitrogens with one attached hydrogen (secondary N) is 1. The molecule has 3 aromatic rings. The van der Waals surface area contributed by atoms with E-state index in [9.17, 15) is 8.78 Å². The number of halogens is 3. The van der Waals surface area contributed by atoms with Crippen molar-refractivity contribution >= 4 is 0 Å². The molecule has 132 valence electrons. The molecule has 0 radical (unpaired) electrons. The second-order valence-electron chi connectivity index (χ2n) is 6.29. The van der Waals surface area contributed by atoms with Gasteiger partial charge in [-0.15, -0.1) is 0 Å². The van der Waals surface area contributed by atoms with Crippen LogP contribution < -0.4 is 5.32 Å². The zero-order valence-corrected chi connectivity index (χ0v) is 13.8. The first-order chi connectivity index (χ1) is 12.6. The highest BCUT2D eigenvalue weighted by Gasteiger charge is 2.26. The van der Waals surface area contributed by atoms with Crippen LogP contribution in [0.4, 0.5) is 13.2 Å². The molecule has 0 saturated carbocycles. The molecule has 1 unspecified atom stereocenters. The molecule has 6 heteroatoms. The SMILES string of the molecule is Fc1ccc(F)c(C2CCNCc3c2ccc(-c2cccnn2)c3F)c1. The first-order valence-electron chi connectivity index (χ1n) is 8.40. The van der Waals surface area contributed by atoms with Crippen LogP contribution in [0.5, 0.6) is 0 Å². The predicted octanol–water partition coefficient (Wildman–Crippen LogP) is 4.19. The summed E-state index contributed by atoms with van der Waals surface area (Å²) in [6.45, 7) is 0.901. The lowest BCUT2D eigenvalue weighted by molar-refractivity contribution is 0.562. The Morgan fingerprint density at radius 3 is 2.69 bits per heavy atom. The van der Waals surface area contributed by atoms with Crippen molar-refractivity contribution in [3.8, 4) is 11.3 Å². The van der Waals surface area contributed by atoms with Gasteiger partial charge < -0.3 is 5.32 Å². The maximum Gasteiger partial charge on any atom is 0.137 e. The van der Waals surface area contributed by atoms with Crippen LogP contribution in [0, 0.1) is 17.5 Å².